The maximum absolute atomic E-state index is 12.9. The van der Waals surface area contributed by atoms with E-state index in [-0.39, 0.29) is 37.5 Å². The third-order valence-electron chi connectivity index (χ3n) is 12.8. The lowest BCUT2D eigenvalue weighted by atomic mass is 10.1. The van der Waals surface area contributed by atoms with Crippen LogP contribution in [-0.2, 0) is 28.6 Å². The minimum absolute atomic E-state index is 0.109. The van der Waals surface area contributed by atoms with Gasteiger partial charge in [-0.25, -0.2) is 0 Å². The van der Waals surface area contributed by atoms with E-state index in [4.69, 9.17) is 14.2 Å². The summed E-state index contributed by atoms with van der Waals surface area (Å²) in [5.74, 6) is -0.980. The zero-order valence-corrected chi connectivity index (χ0v) is 49.7. The van der Waals surface area contributed by atoms with Gasteiger partial charge in [0.1, 0.15) is 13.2 Å². The largest absolute Gasteiger partial charge is 0.462 e. The van der Waals surface area contributed by atoms with Crippen molar-refractivity contribution in [1.82, 2.24) is 0 Å². The molecule has 1 atom stereocenters. The van der Waals surface area contributed by atoms with Crippen LogP contribution in [0.5, 0.6) is 0 Å². The van der Waals surface area contributed by atoms with Gasteiger partial charge in [0.15, 0.2) is 6.10 Å². The molecule has 6 nitrogen and oxygen atoms in total. The molecule has 0 heterocycles. The van der Waals surface area contributed by atoms with Crippen LogP contribution in [0.25, 0.3) is 0 Å². The molecule has 6 heteroatoms. The Hall–Kier alpha value is -4.71. The van der Waals surface area contributed by atoms with Gasteiger partial charge >= 0.3 is 17.9 Å². The molecule has 0 spiro atoms. The fourth-order valence-corrected chi connectivity index (χ4v) is 8.17. The summed E-state index contributed by atoms with van der Waals surface area (Å²) in [6.07, 6.45) is 91.3. The van der Waals surface area contributed by atoms with Crippen molar-refractivity contribution in [3.63, 3.8) is 0 Å². The molecule has 0 saturated heterocycles. The molecule has 0 fully saturated rings. The third-order valence-corrected chi connectivity index (χ3v) is 12.8. The normalized spacial score (nSPS) is 13.1. The molecule has 0 saturated carbocycles. The van der Waals surface area contributed by atoms with Crippen molar-refractivity contribution >= 4 is 17.9 Å². The van der Waals surface area contributed by atoms with Crippen LogP contribution in [0, 0.1) is 0 Å². The number of allylic oxidation sites excluding steroid dienone is 24. The van der Waals surface area contributed by atoms with Crippen molar-refractivity contribution in [2.75, 3.05) is 13.2 Å². The highest BCUT2D eigenvalue weighted by molar-refractivity contribution is 5.71. The quantitative estimate of drug-likeness (QED) is 0.0261. The van der Waals surface area contributed by atoms with Crippen LogP contribution in [-0.4, -0.2) is 37.2 Å². The molecule has 0 aromatic heterocycles. The van der Waals surface area contributed by atoms with E-state index in [0.29, 0.717) is 19.3 Å². The highest BCUT2D eigenvalue weighted by atomic mass is 16.6. The highest BCUT2D eigenvalue weighted by Crippen LogP contribution is 2.14. The molecule has 0 amide bonds. The van der Waals surface area contributed by atoms with Gasteiger partial charge in [-0.15, -0.1) is 0 Å². The molecule has 0 N–H and O–H groups in total. The van der Waals surface area contributed by atoms with E-state index in [2.05, 4.69) is 167 Å². The Balaban J connectivity index is 4.49. The maximum Gasteiger partial charge on any atom is 0.306 e. The molecule has 0 aromatic carbocycles. The van der Waals surface area contributed by atoms with Crippen LogP contribution in [0.2, 0.25) is 0 Å². The Morgan fingerprint density at radius 2 is 0.506 bits per heavy atom. The van der Waals surface area contributed by atoms with Crippen molar-refractivity contribution in [3.8, 4) is 0 Å². The first-order chi connectivity index (χ1) is 38.0. The summed E-state index contributed by atoms with van der Waals surface area (Å²) in [6.45, 7) is 6.34. The molecular formula is C71H114O6. The van der Waals surface area contributed by atoms with Crippen molar-refractivity contribution in [1.29, 1.82) is 0 Å². The fourth-order valence-electron chi connectivity index (χ4n) is 8.17. The van der Waals surface area contributed by atoms with Crippen molar-refractivity contribution < 1.29 is 28.6 Å². The van der Waals surface area contributed by atoms with Gasteiger partial charge in [0.05, 0.1) is 0 Å². The van der Waals surface area contributed by atoms with Gasteiger partial charge in [-0.1, -0.05) is 250 Å². The first-order valence-corrected chi connectivity index (χ1v) is 31.3. The highest BCUT2D eigenvalue weighted by Gasteiger charge is 2.19. The number of esters is 3. The zero-order chi connectivity index (χ0) is 55.7. The van der Waals surface area contributed by atoms with Gasteiger partial charge in [0, 0.05) is 19.3 Å². The van der Waals surface area contributed by atoms with Crippen LogP contribution >= 0.6 is 0 Å². The number of rotatable bonds is 55. The number of carbonyl (C=O) groups is 3. The summed E-state index contributed by atoms with van der Waals surface area (Å²) < 4.78 is 16.9. The second-order valence-electron chi connectivity index (χ2n) is 20.2. The molecular weight excluding hydrogens is 949 g/mol. The molecule has 0 radical (unpaired) electrons. The van der Waals surface area contributed by atoms with Crippen LogP contribution in [0.3, 0.4) is 0 Å². The molecule has 0 aliphatic heterocycles. The van der Waals surface area contributed by atoms with Crippen LogP contribution < -0.4 is 0 Å². The molecule has 434 valence electrons. The topological polar surface area (TPSA) is 78.9 Å². The fraction of sp³-hybridized carbons (Fsp3) is 0.620. The van der Waals surface area contributed by atoms with Gasteiger partial charge in [0.2, 0.25) is 0 Å². The van der Waals surface area contributed by atoms with Gasteiger partial charge in [-0.3, -0.25) is 14.4 Å². The van der Waals surface area contributed by atoms with Gasteiger partial charge in [-0.05, 0) is 141 Å². The summed E-state index contributed by atoms with van der Waals surface area (Å²) in [6, 6.07) is 0. The first-order valence-electron chi connectivity index (χ1n) is 31.3. The van der Waals surface area contributed by atoms with E-state index >= 15 is 0 Å². The lowest BCUT2D eigenvalue weighted by Crippen LogP contribution is -2.30. The van der Waals surface area contributed by atoms with E-state index in [1.54, 1.807) is 0 Å². The summed E-state index contributed by atoms with van der Waals surface area (Å²) in [4.78, 5) is 38.3. The Kier molecular flexibility index (Phi) is 59.9. The average Bonchev–Trinajstić information content (AvgIpc) is 3.43. The van der Waals surface area contributed by atoms with Crippen molar-refractivity contribution in [2.24, 2.45) is 0 Å². The summed E-state index contributed by atoms with van der Waals surface area (Å²) >= 11 is 0. The SMILES string of the molecule is CC/C=C\C/C=C\C/C=C\C/C=C\C/C=C\CCCCCCCC(=O)OC(COC(=O)CCCC/C=C\C/C=C\C/C=C\C/C=C\CC)COC(=O)CCCCCCCCCC/C=C\C/C=C\C/C=C\CCCCCCC. The zero-order valence-electron chi connectivity index (χ0n) is 49.7. The van der Waals surface area contributed by atoms with Gasteiger partial charge in [-0.2, -0.15) is 0 Å². The third kappa shape index (κ3) is 62.0. The molecule has 0 bridgehead atoms. The Labute approximate surface area is 474 Å². The number of ether oxygens (including phenoxy) is 3. The predicted octanol–water partition coefficient (Wildman–Crippen LogP) is 21.5. The number of carbonyl (C=O) groups excluding carboxylic acids is 3. The summed E-state index contributed by atoms with van der Waals surface area (Å²) in [5, 5.41) is 0. The number of hydrogen-bond donors (Lipinski definition) is 0. The molecule has 0 aliphatic rings. The Morgan fingerprint density at radius 3 is 0.818 bits per heavy atom. The first kappa shape index (κ1) is 72.3. The van der Waals surface area contributed by atoms with Crippen LogP contribution in [0.15, 0.2) is 146 Å². The Morgan fingerprint density at radius 1 is 0.273 bits per heavy atom. The van der Waals surface area contributed by atoms with E-state index in [1.165, 1.54) is 70.6 Å². The minimum atomic E-state index is -0.817. The summed E-state index contributed by atoms with van der Waals surface area (Å²) in [7, 11) is 0. The number of hydrogen-bond acceptors (Lipinski definition) is 6. The van der Waals surface area contributed by atoms with E-state index in [9.17, 15) is 14.4 Å². The lowest BCUT2D eigenvalue weighted by molar-refractivity contribution is -0.167. The minimum Gasteiger partial charge on any atom is -0.462 e. The molecule has 0 aliphatic carbocycles. The second kappa shape index (κ2) is 63.8. The van der Waals surface area contributed by atoms with Crippen molar-refractivity contribution in [2.45, 2.75) is 271 Å². The van der Waals surface area contributed by atoms with E-state index in [0.717, 1.165) is 148 Å². The standard InChI is InChI=1S/C71H114O6/c1-4-7-10-13-16-19-22-25-28-30-32-34-35-37-38-40-43-46-49-52-55-58-61-64-70(73)76-67-68(66-75-69(72)63-60-57-54-51-48-45-42-27-24-21-18-15-12-9-6-3)77-71(74)65-62-59-56-53-50-47-44-41-39-36-33-31-29-26-23-20-17-14-11-8-5-2/h8-9,11-12,17-18,20-22,25-27,29-30,32-33,35-37,41-42,44,48,51,68H,4-7,10,13-16,19,23-24,28,31,34,38-40,43,45-47,49-50,52-67H2,1-3H3/b11-8-,12-9-,20-17-,21-18-,25-22-,29-26-,32-30-,36-33-,37-35-,42-27-,44-41-,51-48-. The van der Waals surface area contributed by atoms with Gasteiger partial charge in [0.25, 0.3) is 0 Å². The smallest absolute Gasteiger partial charge is 0.306 e. The van der Waals surface area contributed by atoms with Crippen LogP contribution in [0.1, 0.15) is 265 Å². The van der Waals surface area contributed by atoms with E-state index < -0.39 is 6.10 Å². The Bertz CT molecular complexity index is 1700. The summed E-state index contributed by atoms with van der Waals surface area (Å²) in [5.41, 5.74) is 0. The van der Waals surface area contributed by atoms with Crippen molar-refractivity contribution in [3.05, 3.63) is 146 Å². The van der Waals surface area contributed by atoms with Crippen LogP contribution in [0.4, 0.5) is 0 Å². The molecule has 1 unspecified atom stereocenters. The number of unbranched alkanes of at least 4 members (excludes halogenated alkanes) is 20. The average molecular weight is 1060 g/mol. The molecule has 77 heavy (non-hydrogen) atoms. The maximum atomic E-state index is 12.9. The second-order valence-corrected chi connectivity index (χ2v) is 20.2. The lowest BCUT2D eigenvalue weighted by Gasteiger charge is -2.18. The van der Waals surface area contributed by atoms with Gasteiger partial charge < -0.3 is 14.2 Å². The monoisotopic (exact) mass is 1060 g/mol. The molecule has 0 aromatic rings. The predicted molar refractivity (Wildman–Crippen MR) is 334 cm³/mol. The molecule has 0 rings (SSSR count). The van der Waals surface area contributed by atoms with E-state index in [1.807, 2.05) is 0 Å².